The Hall–Kier alpha value is -1.04. The molecule has 2 aromatic rings. The maximum absolute atomic E-state index is 12.5. The fourth-order valence-corrected chi connectivity index (χ4v) is 4.16. The summed E-state index contributed by atoms with van der Waals surface area (Å²) in [4.78, 5) is 0.449. The van der Waals surface area contributed by atoms with E-state index in [0.29, 0.717) is 20.6 Å². The van der Waals surface area contributed by atoms with E-state index in [4.69, 9.17) is 28.9 Å². The van der Waals surface area contributed by atoms with Crippen molar-refractivity contribution >= 4 is 39.7 Å². The van der Waals surface area contributed by atoms with Crippen LogP contribution in [0.1, 0.15) is 18.3 Å². The molecule has 0 bridgehead atoms. The molecule has 0 spiro atoms. The second-order valence-corrected chi connectivity index (χ2v) is 6.51. The molecule has 0 aliphatic carbocycles. The van der Waals surface area contributed by atoms with Crippen molar-refractivity contribution in [1.29, 1.82) is 0 Å². The average molecular weight is 332 g/mol. The fourth-order valence-electron chi connectivity index (χ4n) is 1.94. The molecular formula is C13H15Cl2N3OS. The highest BCUT2D eigenvalue weighted by atomic mass is 35.5. The van der Waals surface area contributed by atoms with Gasteiger partial charge in [-0.05, 0) is 18.6 Å². The van der Waals surface area contributed by atoms with Gasteiger partial charge in [0, 0.05) is 12.7 Å². The van der Waals surface area contributed by atoms with Crippen molar-refractivity contribution in [1.82, 2.24) is 9.78 Å². The van der Waals surface area contributed by atoms with Crippen LogP contribution in [0.4, 0.5) is 5.69 Å². The van der Waals surface area contributed by atoms with Crippen LogP contribution in [0.3, 0.4) is 0 Å². The van der Waals surface area contributed by atoms with Crippen molar-refractivity contribution in [3.63, 3.8) is 0 Å². The number of nitrogen functional groups attached to an aromatic ring is 1. The summed E-state index contributed by atoms with van der Waals surface area (Å²) >= 11 is 12.3. The molecule has 0 amide bonds. The molecular weight excluding hydrogens is 317 g/mol. The number of rotatable bonds is 4. The van der Waals surface area contributed by atoms with E-state index in [1.165, 1.54) is 0 Å². The maximum Gasteiger partial charge on any atom is 0.0859 e. The minimum Gasteiger partial charge on any atom is -0.398 e. The highest BCUT2D eigenvalue weighted by Gasteiger charge is 2.19. The molecule has 0 saturated carbocycles. The summed E-state index contributed by atoms with van der Waals surface area (Å²) in [5.74, 6) is 0.232. The van der Waals surface area contributed by atoms with Crippen LogP contribution in [0.25, 0.3) is 0 Å². The molecule has 20 heavy (non-hydrogen) atoms. The highest BCUT2D eigenvalue weighted by molar-refractivity contribution is 7.84. The normalized spacial score (nSPS) is 12.6. The van der Waals surface area contributed by atoms with Gasteiger partial charge >= 0.3 is 0 Å². The van der Waals surface area contributed by atoms with Crippen LogP contribution in [0.2, 0.25) is 10.0 Å². The molecule has 4 nitrogen and oxygen atoms in total. The van der Waals surface area contributed by atoms with Crippen molar-refractivity contribution in [2.45, 2.75) is 24.0 Å². The van der Waals surface area contributed by atoms with Gasteiger partial charge in [0.25, 0.3) is 0 Å². The minimum absolute atomic E-state index is 0.232. The Balaban J connectivity index is 2.36. The third kappa shape index (κ3) is 2.85. The zero-order valence-corrected chi connectivity index (χ0v) is 13.5. The molecule has 1 aromatic carbocycles. The third-order valence-corrected chi connectivity index (χ3v) is 5.31. The molecule has 2 rings (SSSR count). The van der Waals surface area contributed by atoms with Gasteiger partial charge in [-0.1, -0.05) is 36.2 Å². The van der Waals surface area contributed by atoms with Crippen LogP contribution in [0.5, 0.6) is 0 Å². The van der Waals surface area contributed by atoms with Gasteiger partial charge in [0.15, 0.2) is 0 Å². The monoisotopic (exact) mass is 331 g/mol. The number of halogens is 2. The molecule has 0 fully saturated rings. The summed E-state index contributed by atoms with van der Waals surface area (Å²) in [6, 6.07) is 5.08. The summed E-state index contributed by atoms with van der Waals surface area (Å²) in [5, 5.41) is 5.27. The average Bonchev–Trinajstić information content (AvgIpc) is 2.66. The Morgan fingerprint density at radius 1 is 1.40 bits per heavy atom. The lowest BCUT2D eigenvalue weighted by atomic mass is 10.3. The second kappa shape index (κ2) is 6.16. The SMILES string of the molecule is CCc1nn(C)c(CS(=O)c2c(N)cccc2Cl)c1Cl. The number of hydrogen-bond acceptors (Lipinski definition) is 3. The van der Waals surface area contributed by atoms with Gasteiger partial charge in [-0.15, -0.1) is 0 Å². The zero-order valence-electron chi connectivity index (χ0n) is 11.2. The van der Waals surface area contributed by atoms with Gasteiger partial charge in [0.2, 0.25) is 0 Å². The van der Waals surface area contributed by atoms with E-state index in [1.54, 1.807) is 29.9 Å². The Morgan fingerprint density at radius 2 is 2.10 bits per heavy atom. The first-order valence-corrected chi connectivity index (χ1v) is 8.15. The number of nitrogens with zero attached hydrogens (tertiary/aromatic N) is 2. The molecule has 1 heterocycles. The van der Waals surface area contributed by atoms with Crippen LogP contribution < -0.4 is 5.73 Å². The van der Waals surface area contributed by atoms with Gasteiger partial charge in [0.1, 0.15) is 0 Å². The number of nitrogens with two attached hydrogens (primary N) is 1. The lowest BCUT2D eigenvalue weighted by Gasteiger charge is -2.08. The predicted octanol–water partition coefficient (Wildman–Crippen LogP) is 3.18. The predicted molar refractivity (Wildman–Crippen MR) is 83.6 cm³/mol. The van der Waals surface area contributed by atoms with Crippen molar-refractivity contribution in [3.8, 4) is 0 Å². The summed E-state index contributed by atoms with van der Waals surface area (Å²) in [6.45, 7) is 1.97. The molecule has 1 unspecified atom stereocenters. The summed E-state index contributed by atoms with van der Waals surface area (Å²) in [5.41, 5.74) is 7.79. The number of aromatic nitrogens is 2. The Kier molecular flexibility index (Phi) is 4.73. The molecule has 0 saturated heterocycles. The van der Waals surface area contributed by atoms with Crippen molar-refractivity contribution in [2.24, 2.45) is 7.05 Å². The molecule has 2 N–H and O–H groups in total. The Bertz CT molecular complexity index is 650. The van der Waals surface area contributed by atoms with E-state index in [2.05, 4.69) is 5.10 Å². The van der Waals surface area contributed by atoms with Crippen LogP contribution in [-0.4, -0.2) is 14.0 Å². The van der Waals surface area contributed by atoms with Crippen LogP contribution in [0, 0.1) is 0 Å². The van der Waals surface area contributed by atoms with Crippen molar-refractivity contribution in [3.05, 3.63) is 39.6 Å². The van der Waals surface area contributed by atoms with Gasteiger partial charge in [-0.25, -0.2) is 0 Å². The molecule has 1 atom stereocenters. The number of benzene rings is 1. The van der Waals surface area contributed by atoms with Crippen LogP contribution in [-0.2, 0) is 30.0 Å². The fraction of sp³-hybridized carbons (Fsp3) is 0.308. The van der Waals surface area contributed by atoms with E-state index in [0.717, 1.165) is 17.8 Å². The molecule has 108 valence electrons. The summed E-state index contributed by atoms with van der Waals surface area (Å²) in [7, 11) is 0.416. The van der Waals surface area contributed by atoms with Crippen LogP contribution >= 0.6 is 23.2 Å². The van der Waals surface area contributed by atoms with E-state index in [9.17, 15) is 4.21 Å². The Labute approximate surface area is 130 Å². The van der Waals surface area contributed by atoms with Gasteiger partial charge in [-0.3, -0.25) is 8.89 Å². The second-order valence-electron chi connectivity index (χ2n) is 4.33. The zero-order chi connectivity index (χ0) is 14.9. The van der Waals surface area contributed by atoms with E-state index < -0.39 is 10.8 Å². The van der Waals surface area contributed by atoms with E-state index in [-0.39, 0.29) is 5.75 Å². The first-order chi connectivity index (χ1) is 9.45. The highest BCUT2D eigenvalue weighted by Crippen LogP contribution is 2.29. The largest absolute Gasteiger partial charge is 0.398 e. The first-order valence-electron chi connectivity index (χ1n) is 6.08. The molecule has 0 aliphatic heterocycles. The third-order valence-electron chi connectivity index (χ3n) is 3.00. The minimum atomic E-state index is -1.37. The summed E-state index contributed by atoms with van der Waals surface area (Å²) < 4.78 is 14.2. The standard InChI is InChI=1S/C13H15Cl2N3OS/c1-3-10-12(15)11(18(2)17-10)7-20(19)13-8(14)5-4-6-9(13)16/h4-6H,3,7,16H2,1-2H3. The van der Waals surface area contributed by atoms with E-state index in [1.807, 2.05) is 6.92 Å². The molecule has 0 radical (unpaired) electrons. The number of hydrogen-bond donors (Lipinski definition) is 1. The lowest BCUT2D eigenvalue weighted by Crippen LogP contribution is -2.06. The van der Waals surface area contributed by atoms with Gasteiger partial charge in [0.05, 0.1) is 42.9 Å². The smallest absolute Gasteiger partial charge is 0.0859 e. The quantitative estimate of drug-likeness (QED) is 0.875. The van der Waals surface area contributed by atoms with Gasteiger partial charge in [-0.2, -0.15) is 5.10 Å². The van der Waals surface area contributed by atoms with Gasteiger partial charge < -0.3 is 5.73 Å². The molecule has 1 aromatic heterocycles. The molecule has 7 heteroatoms. The topological polar surface area (TPSA) is 60.9 Å². The van der Waals surface area contributed by atoms with Crippen molar-refractivity contribution < 1.29 is 4.21 Å². The first kappa shape index (κ1) is 15.4. The molecule has 0 aliphatic rings. The van der Waals surface area contributed by atoms with E-state index >= 15 is 0 Å². The number of anilines is 1. The maximum atomic E-state index is 12.5. The summed E-state index contributed by atoms with van der Waals surface area (Å²) in [6.07, 6.45) is 0.730. The lowest BCUT2D eigenvalue weighted by molar-refractivity contribution is 0.675. The number of aryl methyl sites for hydroxylation is 2. The Morgan fingerprint density at radius 3 is 2.65 bits per heavy atom. The van der Waals surface area contributed by atoms with Crippen molar-refractivity contribution in [2.75, 3.05) is 5.73 Å². The van der Waals surface area contributed by atoms with Crippen LogP contribution in [0.15, 0.2) is 23.1 Å².